The molecule has 0 aliphatic heterocycles. The quantitative estimate of drug-likeness (QED) is 0.784. The van der Waals surface area contributed by atoms with Gasteiger partial charge in [0.25, 0.3) is 0 Å². The minimum atomic E-state index is -0.271. The van der Waals surface area contributed by atoms with Gasteiger partial charge in [-0.3, -0.25) is 0 Å². The molecule has 1 aromatic rings. The summed E-state index contributed by atoms with van der Waals surface area (Å²) < 4.78 is 5.21. The number of methoxy groups -OCH3 is 1. The van der Waals surface area contributed by atoms with Crippen molar-refractivity contribution >= 4 is 0 Å². The van der Waals surface area contributed by atoms with E-state index in [0.29, 0.717) is 0 Å². The first-order valence-corrected chi connectivity index (χ1v) is 7.25. The van der Waals surface area contributed by atoms with E-state index in [2.05, 4.69) is 37.8 Å². The Balaban J connectivity index is 2.95. The zero-order valence-corrected chi connectivity index (χ0v) is 12.8. The number of hydrogen-bond acceptors (Lipinski definition) is 3. The lowest BCUT2D eigenvalue weighted by Gasteiger charge is -2.35. The second-order valence-electron chi connectivity index (χ2n) is 5.10. The topological polar surface area (TPSA) is 38.5 Å². The second-order valence-corrected chi connectivity index (χ2v) is 5.10. The van der Waals surface area contributed by atoms with E-state index < -0.39 is 0 Å². The Morgan fingerprint density at radius 1 is 1.11 bits per heavy atom. The highest BCUT2D eigenvalue weighted by Gasteiger charge is 2.28. The Morgan fingerprint density at radius 2 is 1.68 bits per heavy atom. The number of ether oxygens (including phenoxy) is 1. The molecule has 0 saturated carbocycles. The third-order valence-electron chi connectivity index (χ3n) is 3.76. The van der Waals surface area contributed by atoms with Crippen LogP contribution in [0.5, 0.6) is 5.75 Å². The van der Waals surface area contributed by atoms with Crippen LogP contribution in [0.2, 0.25) is 0 Å². The van der Waals surface area contributed by atoms with Gasteiger partial charge in [0, 0.05) is 6.54 Å². The molecule has 1 rings (SSSR count). The van der Waals surface area contributed by atoms with Crippen LogP contribution in [-0.4, -0.2) is 31.6 Å². The van der Waals surface area contributed by atoms with E-state index in [1.807, 2.05) is 12.1 Å². The Morgan fingerprint density at radius 3 is 2.11 bits per heavy atom. The fraction of sp³-hybridized carbons (Fsp3) is 0.625. The van der Waals surface area contributed by atoms with Crippen molar-refractivity contribution in [2.75, 3.05) is 26.7 Å². The Bertz CT molecular complexity index is 360. The molecule has 0 spiro atoms. The van der Waals surface area contributed by atoms with Gasteiger partial charge in [0.1, 0.15) is 5.75 Å². The molecule has 108 valence electrons. The van der Waals surface area contributed by atoms with Gasteiger partial charge in [0.2, 0.25) is 0 Å². The third-order valence-corrected chi connectivity index (χ3v) is 3.76. The molecule has 0 amide bonds. The SMILES string of the molecule is CCCC(N)(CN(CC)CC)c1ccc(OC)cc1. The molecule has 3 heteroatoms. The second kappa shape index (κ2) is 7.51. The molecule has 0 fully saturated rings. The minimum absolute atomic E-state index is 0.271. The Kier molecular flexibility index (Phi) is 6.32. The van der Waals surface area contributed by atoms with Crippen molar-refractivity contribution in [3.63, 3.8) is 0 Å². The monoisotopic (exact) mass is 264 g/mol. The summed E-state index contributed by atoms with van der Waals surface area (Å²) in [5, 5.41) is 0. The summed E-state index contributed by atoms with van der Waals surface area (Å²) >= 11 is 0. The van der Waals surface area contributed by atoms with Crippen molar-refractivity contribution in [3.05, 3.63) is 29.8 Å². The van der Waals surface area contributed by atoms with Gasteiger partial charge >= 0.3 is 0 Å². The first kappa shape index (κ1) is 16.0. The highest BCUT2D eigenvalue weighted by Crippen LogP contribution is 2.26. The molecule has 0 aliphatic carbocycles. The van der Waals surface area contributed by atoms with Gasteiger partial charge in [-0.1, -0.05) is 39.3 Å². The summed E-state index contributed by atoms with van der Waals surface area (Å²) in [4.78, 5) is 2.39. The summed E-state index contributed by atoms with van der Waals surface area (Å²) in [6.07, 6.45) is 2.08. The van der Waals surface area contributed by atoms with E-state index in [1.54, 1.807) is 7.11 Å². The fourth-order valence-electron chi connectivity index (χ4n) is 2.53. The van der Waals surface area contributed by atoms with Crippen LogP contribution in [0.4, 0.5) is 0 Å². The standard InChI is InChI=1S/C16H28N2O/c1-5-12-16(17,13-18(6-2)7-3)14-8-10-15(19-4)11-9-14/h8-11H,5-7,12-13,17H2,1-4H3. The number of hydrogen-bond donors (Lipinski definition) is 1. The summed E-state index contributed by atoms with van der Waals surface area (Å²) in [5.41, 5.74) is 7.62. The van der Waals surface area contributed by atoms with E-state index in [9.17, 15) is 0 Å². The summed E-state index contributed by atoms with van der Waals surface area (Å²) in [5.74, 6) is 0.880. The molecule has 1 atom stereocenters. The first-order valence-electron chi connectivity index (χ1n) is 7.25. The molecule has 1 unspecified atom stereocenters. The predicted molar refractivity (Wildman–Crippen MR) is 81.6 cm³/mol. The smallest absolute Gasteiger partial charge is 0.118 e. The van der Waals surface area contributed by atoms with Gasteiger partial charge in [-0.25, -0.2) is 0 Å². The van der Waals surface area contributed by atoms with Crippen LogP contribution < -0.4 is 10.5 Å². The van der Waals surface area contributed by atoms with Crippen molar-refractivity contribution in [2.24, 2.45) is 5.73 Å². The summed E-state index contributed by atoms with van der Waals surface area (Å²) in [6, 6.07) is 8.18. The number of likely N-dealkylation sites (N-methyl/N-ethyl adjacent to an activating group) is 1. The first-order chi connectivity index (χ1) is 9.09. The van der Waals surface area contributed by atoms with E-state index in [-0.39, 0.29) is 5.54 Å². The van der Waals surface area contributed by atoms with Crippen LogP contribution in [0.1, 0.15) is 39.2 Å². The molecule has 0 heterocycles. The highest BCUT2D eigenvalue weighted by molar-refractivity contribution is 5.32. The molecular formula is C16H28N2O. The molecule has 0 saturated heterocycles. The summed E-state index contributed by atoms with van der Waals surface area (Å²) in [6.45, 7) is 9.53. The lowest BCUT2D eigenvalue weighted by atomic mass is 9.86. The molecule has 1 aromatic carbocycles. The van der Waals surface area contributed by atoms with Crippen LogP contribution in [0, 0.1) is 0 Å². The molecule has 3 nitrogen and oxygen atoms in total. The van der Waals surface area contributed by atoms with Crippen LogP contribution >= 0.6 is 0 Å². The Hall–Kier alpha value is -1.06. The van der Waals surface area contributed by atoms with Crippen molar-refractivity contribution < 1.29 is 4.74 Å². The van der Waals surface area contributed by atoms with Crippen LogP contribution in [-0.2, 0) is 5.54 Å². The third kappa shape index (κ3) is 4.22. The van der Waals surface area contributed by atoms with Crippen molar-refractivity contribution in [3.8, 4) is 5.75 Å². The average Bonchev–Trinajstić information content (AvgIpc) is 2.45. The number of rotatable bonds is 8. The van der Waals surface area contributed by atoms with Crippen molar-refractivity contribution in [1.29, 1.82) is 0 Å². The number of benzene rings is 1. The van der Waals surface area contributed by atoms with E-state index >= 15 is 0 Å². The number of nitrogens with two attached hydrogens (primary N) is 1. The van der Waals surface area contributed by atoms with Crippen LogP contribution in [0.3, 0.4) is 0 Å². The zero-order valence-electron chi connectivity index (χ0n) is 12.8. The molecule has 0 aromatic heterocycles. The van der Waals surface area contributed by atoms with Gasteiger partial charge in [0.05, 0.1) is 12.6 Å². The normalized spacial score (nSPS) is 14.4. The van der Waals surface area contributed by atoms with Gasteiger partial charge < -0.3 is 15.4 Å². The van der Waals surface area contributed by atoms with Gasteiger partial charge in [0.15, 0.2) is 0 Å². The van der Waals surface area contributed by atoms with Gasteiger partial charge in [-0.05, 0) is 37.2 Å². The maximum atomic E-state index is 6.69. The lowest BCUT2D eigenvalue weighted by Crippen LogP contribution is -2.47. The van der Waals surface area contributed by atoms with Crippen LogP contribution in [0.25, 0.3) is 0 Å². The van der Waals surface area contributed by atoms with E-state index in [4.69, 9.17) is 10.5 Å². The molecule has 0 radical (unpaired) electrons. The minimum Gasteiger partial charge on any atom is -0.497 e. The largest absolute Gasteiger partial charge is 0.497 e. The molecule has 2 N–H and O–H groups in total. The lowest BCUT2D eigenvalue weighted by molar-refractivity contribution is 0.215. The maximum Gasteiger partial charge on any atom is 0.118 e. The molecule has 0 aliphatic rings. The van der Waals surface area contributed by atoms with E-state index in [1.165, 1.54) is 5.56 Å². The maximum absolute atomic E-state index is 6.69. The molecule has 0 bridgehead atoms. The fourth-order valence-corrected chi connectivity index (χ4v) is 2.53. The van der Waals surface area contributed by atoms with Crippen molar-refractivity contribution in [2.45, 2.75) is 39.2 Å². The molecular weight excluding hydrogens is 236 g/mol. The summed E-state index contributed by atoms with van der Waals surface area (Å²) in [7, 11) is 1.69. The van der Waals surface area contributed by atoms with Crippen molar-refractivity contribution in [1.82, 2.24) is 4.90 Å². The Labute approximate surface area is 117 Å². The van der Waals surface area contributed by atoms with E-state index in [0.717, 1.165) is 38.2 Å². The van der Waals surface area contributed by atoms with Crippen LogP contribution in [0.15, 0.2) is 24.3 Å². The molecule has 19 heavy (non-hydrogen) atoms. The zero-order chi connectivity index (χ0) is 14.3. The predicted octanol–water partition coefficient (Wildman–Crippen LogP) is 2.99. The highest BCUT2D eigenvalue weighted by atomic mass is 16.5. The average molecular weight is 264 g/mol. The van der Waals surface area contributed by atoms with Gasteiger partial charge in [-0.15, -0.1) is 0 Å². The number of nitrogens with zero attached hydrogens (tertiary/aromatic N) is 1. The van der Waals surface area contributed by atoms with Gasteiger partial charge in [-0.2, -0.15) is 0 Å².